The van der Waals surface area contributed by atoms with E-state index in [1.807, 2.05) is 0 Å². The monoisotopic (exact) mass is 208 g/mol. The zero-order chi connectivity index (χ0) is 10.9. The lowest BCUT2D eigenvalue weighted by Crippen LogP contribution is -2.20. The molecule has 78 valence electrons. The number of hydrogen-bond donors (Lipinski definition) is 3. The van der Waals surface area contributed by atoms with Crippen molar-refractivity contribution in [3.63, 3.8) is 0 Å². The normalized spacial score (nSPS) is 14.0. The molecule has 0 radical (unpaired) electrons. The second-order valence-electron chi connectivity index (χ2n) is 2.69. The quantitative estimate of drug-likeness (QED) is 0.658. The van der Waals surface area contributed by atoms with E-state index in [0.717, 1.165) is 18.2 Å². The molecule has 0 unspecified atom stereocenters. The van der Waals surface area contributed by atoms with E-state index in [1.165, 1.54) is 0 Å². The van der Waals surface area contributed by atoms with Crippen LogP contribution >= 0.6 is 0 Å². The number of phenolic OH excluding ortho intramolecular Hbond substituents is 2. The molecule has 0 aliphatic rings. The molecule has 6 heteroatoms. The molecular weight excluding hydrogens is 201 g/mol. The van der Waals surface area contributed by atoms with Crippen molar-refractivity contribution in [1.82, 2.24) is 0 Å². The fourth-order valence-electron chi connectivity index (χ4n) is 0.940. The molecule has 0 saturated carbocycles. The zero-order valence-electron chi connectivity index (χ0n) is 6.78. The Morgan fingerprint density at radius 2 is 1.71 bits per heavy atom. The number of halogens is 3. The van der Waals surface area contributed by atoms with Crippen molar-refractivity contribution >= 4 is 0 Å². The van der Waals surface area contributed by atoms with Crippen LogP contribution in [0.4, 0.5) is 13.2 Å². The molecule has 1 rings (SSSR count). The first kappa shape index (κ1) is 10.6. The van der Waals surface area contributed by atoms with Crippen LogP contribution in [0.15, 0.2) is 18.2 Å². The van der Waals surface area contributed by atoms with E-state index in [4.69, 9.17) is 15.3 Å². The lowest BCUT2D eigenvalue weighted by molar-refractivity contribution is -0.207. The second-order valence-corrected chi connectivity index (χ2v) is 2.69. The molecule has 1 aromatic rings. The van der Waals surface area contributed by atoms with Gasteiger partial charge in [0, 0.05) is 11.6 Å². The molecule has 0 aromatic heterocycles. The van der Waals surface area contributed by atoms with E-state index in [9.17, 15) is 13.2 Å². The number of alkyl halides is 3. The van der Waals surface area contributed by atoms with Crippen molar-refractivity contribution in [3.05, 3.63) is 23.8 Å². The SMILES string of the molecule is Oc1ccc([C@@H](O)C(F)(F)F)c(O)c1. The first-order chi connectivity index (χ1) is 6.32. The fourth-order valence-corrected chi connectivity index (χ4v) is 0.940. The Bertz CT molecular complexity index is 335. The van der Waals surface area contributed by atoms with Gasteiger partial charge in [-0.1, -0.05) is 0 Å². The highest BCUT2D eigenvalue weighted by Crippen LogP contribution is 2.37. The van der Waals surface area contributed by atoms with Crippen molar-refractivity contribution < 1.29 is 28.5 Å². The van der Waals surface area contributed by atoms with E-state index in [2.05, 4.69) is 0 Å². The Hall–Kier alpha value is -1.43. The highest BCUT2D eigenvalue weighted by Gasteiger charge is 2.40. The lowest BCUT2D eigenvalue weighted by atomic mass is 10.1. The Morgan fingerprint density at radius 3 is 2.14 bits per heavy atom. The topological polar surface area (TPSA) is 60.7 Å². The largest absolute Gasteiger partial charge is 0.508 e. The third-order valence-electron chi connectivity index (χ3n) is 1.62. The minimum Gasteiger partial charge on any atom is -0.508 e. The third-order valence-corrected chi connectivity index (χ3v) is 1.62. The van der Waals surface area contributed by atoms with Crippen molar-refractivity contribution in [1.29, 1.82) is 0 Å². The molecule has 0 spiro atoms. The predicted octanol–water partition coefficient (Wildman–Crippen LogP) is 1.69. The molecule has 14 heavy (non-hydrogen) atoms. The van der Waals surface area contributed by atoms with Crippen LogP contribution in [0.5, 0.6) is 11.5 Å². The molecular formula is C8H7F3O3. The van der Waals surface area contributed by atoms with Crippen LogP contribution in [-0.2, 0) is 0 Å². The summed E-state index contributed by atoms with van der Waals surface area (Å²) in [5, 5.41) is 26.6. The summed E-state index contributed by atoms with van der Waals surface area (Å²) >= 11 is 0. The highest BCUT2D eigenvalue weighted by atomic mass is 19.4. The van der Waals surface area contributed by atoms with Crippen LogP contribution < -0.4 is 0 Å². The highest BCUT2D eigenvalue weighted by molar-refractivity contribution is 5.40. The number of aliphatic hydroxyl groups is 1. The van der Waals surface area contributed by atoms with E-state index in [0.29, 0.717) is 0 Å². The van der Waals surface area contributed by atoms with E-state index in [-0.39, 0.29) is 5.75 Å². The minimum absolute atomic E-state index is 0.374. The lowest BCUT2D eigenvalue weighted by Gasteiger charge is -2.15. The summed E-state index contributed by atoms with van der Waals surface area (Å²) in [6, 6.07) is 2.48. The number of rotatable bonds is 1. The predicted molar refractivity (Wildman–Crippen MR) is 40.8 cm³/mol. The molecule has 3 N–H and O–H groups in total. The van der Waals surface area contributed by atoms with Crippen molar-refractivity contribution in [2.45, 2.75) is 12.3 Å². The summed E-state index contributed by atoms with van der Waals surface area (Å²) in [6.07, 6.45) is -7.59. The minimum atomic E-state index is -4.84. The van der Waals surface area contributed by atoms with Gasteiger partial charge in [0.2, 0.25) is 0 Å². The first-order valence-electron chi connectivity index (χ1n) is 3.59. The number of benzene rings is 1. The summed E-state index contributed by atoms with van der Waals surface area (Å²) in [5.74, 6) is -1.17. The van der Waals surface area contributed by atoms with Crippen LogP contribution in [0.1, 0.15) is 11.7 Å². The molecule has 0 aliphatic carbocycles. The number of hydrogen-bond acceptors (Lipinski definition) is 3. The van der Waals surface area contributed by atoms with E-state index in [1.54, 1.807) is 0 Å². The molecule has 0 fully saturated rings. The average Bonchev–Trinajstić information content (AvgIpc) is 2.01. The Balaban J connectivity index is 3.08. The van der Waals surface area contributed by atoms with Crippen LogP contribution in [0.25, 0.3) is 0 Å². The average molecular weight is 208 g/mol. The number of aliphatic hydroxyl groups excluding tert-OH is 1. The van der Waals surface area contributed by atoms with Gasteiger partial charge in [-0.05, 0) is 12.1 Å². The molecule has 0 bridgehead atoms. The van der Waals surface area contributed by atoms with Gasteiger partial charge < -0.3 is 15.3 Å². The molecule has 0 heterocycles. The maximum Gasteiger partial charge on any atom is 0.418 e. The third kappa shape index (κ3) is 2.08. The summed E-state index contributed by atoms with van der Waals surface area (Å²) in [4.78, 5) is 0. The van der Waals surface area contributed by atoms with Crippen molar-refractivity contribution in [3.8, 4) is 11.5 Å². The van der Waals surface area contributed by atoms with Gasteiger partial charge in [-0.15, -0.1) is 0 Å². The van der Waals surface area contributed by atoms with Crippen LogP contribution in [-0.4, -0.2) is 21.5 Å². The molecule has 1 atom stereocenters. The van der Waals surface area contributed by atoms with Gasteiger partial charge in [0.15, 0.2) is 6.10 Å². The Kier molecular flexibility index (Phi) is 2.57. The first-order valence-corrected chi connectivity index (χ1v) is 3.59. The standard InChI is InChI=1S/C8H7F3O3/c9-8(10,11)7(14)5-2-1-4(12)3-6(5)13/h1-3,7,12-14H/t7-/m1/s1. The summed E-state index contributed by atoms with van der Waals surface area (Å²) in [6.45, 7) is 0. The van der Waals surface area contributed by atoms with Gasteiger partial charge in [-0.3, -0.25) is 0 Å². The number of aromatic hydroxyl groups is 2. The van der Waals surface area contributed by atoms with E-state index >= 15 is 0 Å². The summed E-state index contributed by atoms with van der Waals surface area (Å²) in [7, 11) is 0. The van der Waals surface area contributed by atoms with Crippen molar-refractivity contribution in [2.24, 2.45) is 0 Å². The molecule has 1 aromatic carbocycles. The molecule has 0 saturated heterocycles. The fraction of sp³-hybridized carbons (Fsp3) is 0.250. The maximum absolute atomic E-state index is 12.0. The van der Waals surface area contributed by atoms with Gasteiger partial charge in [0.1, 0.15) is 11.5 Å². The van der Waals surface area contributed by atoms with Gasteiger partial charge in [-0.2, -0.15) is 13.2 Å². The smallest absolute Gasteiger partial charge is 0.418 e. The van der Waals surface area contributed by atoms with Crippen LogP contribution in [0.2, 0.25) is 0 Å². The van der Waals surface area contributed by atoms with Gasteiger partial charge in [0.05, 0.1) is 0 Å². The Morgan fingerprint density at radius 1 is 1.14 bits per heavy atom. The maximum atomic E-state index is 12.0. The van der Waals surface area contributed by atoms with Gasteiger partial charge in [-0.25, -0.2) is 0 Å². The van der Waals surface area contributed by atoms with Crippen molar-refractivity contribution in [2.75, 3.05) is 0 Å². The van der Waals surface area contributed by atoms with Gasteiger partial charge >= 0.3 is 6.18 Å². The van der Waals surface area contributed by atoms with Crippen LogP contribution in [0.3, 0.4) is 0 Å². The molecule has 0 aliphatic heterocycles. The number of phenols is 2. The zero-order valence-corrected chi connectivity index (χ0v) is 6.78. The van der Waals surface area contributed by atoms with Gasteiger partial charge in [0.25, 0.3) is 0 Å². The summed E-state index contributed by atoms with van der Waals surface area (Å²) < 4.78 is 36.0. The molecule has 0 amide bonds. The second kappa shape index (κ2) is 3.38. The van der Waals surface area contributed by atoms with Crippen LogP contribution in [0, 0.1) is 0 Å². The Labute approximate surface area is 77.0 Å². The molecule has 3 nitrogen and oxygen atoms in total. The van der Waals surface area contributed by atoms with E-state index < -0.39 is 23.6 Å². The summed E-state index contributed by atoms with van der Waals surface area (Å²) in [5.41, 5.74) is -0.685.